The summed E-state index contributed by atoms with van der Waals surface area (Å²) in [5, 5.41) is 3.50. The molecule has 0 unspecified atom stereocenters. The van der Waals surface area contributed by atoms with Gasteiger partial charge in [-0.2, -0.15) is 0 Å². The third kappa shape index (κ3) is 4.40. The van der Waals surface area contributed by atoms with E-state index in [-0.39, 0.29) is 12.4 Å². The summed E-state index contributed by atoms with van der Waals surface area (Å²) in [6.45, 7) is 1.68. The molecule has 124 valence electrons. The van der Waals surface area contributed by atoms with Crippen molar-refractivity contribution in [2.45, 2.75) is 32.4 Å². The zero-order chi connectivity index (χ0) is 15.4. The SMILES string of the molecule is COc1cc(CNCc2ccc3c(c2)CCC3)cc(OC)c1.Cl. The van der Waals surface area contributed by atoms with E-state index in [0.717, 1.165) is 30.2 Å². The first-order valence-electron chi connectivity index (χ1n) is 7.82. The first-order valence-corrected chi connectivity index (χ1v) is 7.82. The fourth-order valence-electron chi connectivity index (χ4n) is 3.05. The number of hydrogen-bond donors (Lipinski definition) is 1. The van der Waals surface area contributed by atoms with E-state index in [1.165, 1.54) is 36.0 Å². The zero-order valence-electron chi connectivity index (χ0n) is 13.7. The molecule has 3 rings (SSSR count). The second-order valence-corrected chi connectivity index (χ2v) is 5.78. The van der Waals surface area contributed by atoms with Crippen molar-refractivity contribution in [3.63, 3.8) is 0 Å². The fourth-order valence-corrected chi connectivity index (χ4v) is 3.05. The number of benzene rings is 2. The molecule has 0 aliphatic heterocycles. The minimum atomic E-state index is 0. The molecule has 23 heavy (non-hydrogen) atoms. The molecule has 1 aliphatic carbocycles. The first kappa shape index (κ1) is 17.6. The Morgan fingerprint density at radius 1 is 0.826 bits per heavy atom. The monoisotopic (exact) mass is 333 g/mol. The van der Waals surface area contributed by atoms with Crippen molar-refractivity contribution in [3.8, 4) is 11.5 Å². The highest BCUT2D eigenvalue weighted by atomic mass is 35.5. The number of methoxy groups -OCH3 is 2. The van der Waals surface area contributed by atoms with Gasteiger partial charge in [0.2, 0.25) is 0 Å². The normalized spacial score (nSPS) is 12.4. The summed E-state index contributed by atoms with van der Waals surface area (Å²) in [5.74, 6) is 1.65. The van der Waals surface area contributed by atoms with Gasteiger partial charge in [-0.25, -0.2) is 0 Å². The summed E-state index contributed by atoms with van der Waals surface area (Å²) in [5.41, 5.74) is 5.58. The summed E-state index contributed by atoms with van der Waals surface area (Å²) < 4.78 is 10.6. The number of hydrogen-bond acceptors (Lipinski definition) is 3. The second-order valence-electron chi connectivity index (χ2n) is 5.78. The highest BCUT2D eigenvalue weighted by molar-refractivity contribution is 5.85. The van der Waals surface area contributed by atoms with Gasteiger partial charge in [0.15, 0.2) is 0 Å². The number of fused-ring (bicyclic) bond motifs is 1. The predicted molar refractivity (Wildman–Crippen MR) is 95.8 cm³/mol. The van der Waals surface area contributed by atoms with Crippen LogP contribution >= 0.6 is 12.4 Å². The molecule has 0 fully saturated rings. The summed E-state index contributed by atoms with van der Waals surface area (Å²) in [6.07, 6.45) is 3.78. The molecule has 0 amide bonds. The summed E-state index contributed by atoms with van der Waals surface area (Å²) in [4.78, 5) is 0. The lowest BCUT2D eigenvalue weighted by Crippen LogP contribution is -2.13. The lowest BCUT2D eigenvalue weighted by molar-refractivity contribution is 0.393. The molecule has 1 N–H and O–H groups in total. The molecule has 0 saturated heterocycles. The van der Waals surface area contributed by atoms with Gasteiger partial charge in [0.25, 0.3) is 0 Å². The topological polar surface area (TPSA) is 30.5 Å². The average Bonchev–Trinajstić information content (AvgIpc) is 3.02. The molecular weight excluding hydrogens is 310 g/mol. The molecule has 4 heteroatoms. The Bertz CT molecular complexity index is 636. The lowest BCUT2D eigenvalue weighted by atomic mass is 10.1. The fraction of sp³-hybridized carbons (Fsp3) is 0.368. The number of rotatable bonds is 6. The Hall–Kier alpha value is -1.71. The van der Waals surface area contributed by atoms with E-state index in [1.54, 1.807) is 14.2 Å². The minimum Gasteiger partial charge on any atom is -0.497 e. The van der Waals surface area contributed by atoms with Gasteiger partial charge >= 0.3 is 0 Å². The van der Waals surface area contributed by atoms with Crippen molar-refractivity contribution in [3.05, 3.63) is 58.7 Å². The van der Waals surface area contributed by atoms with Crippen molar-refractivity contribution in [1.82, 2.24) is 5.32 Å². The van der Waals surface area contributed by atoms with Crippen LogP contribution in [0.2, 0.25) is 0 Å². The van der Waals surface area contributed by atoms with Crippen molar-refractivity contribution >= 4 is 12.4 Å². The number of halogens is 1. The van der Waals surface area contributed by atoms with Crippen LogP contribution in [0.25, 0.3) is 0 Å². The van der Waals surface area contributed by atoms with Crippen LogP contribution < -0.4 is 14.8 Å². The van der Waals surface area contributed by atoms with Crippen LogP contribution in [0.5, 0.6) is 11.5 Å². The van der Waals surface area contributed by atoms with E-state index < -0.39 is 0 Å². The number of aryl methyl sites for hydroxylation is 2. The molecule has 1 aliphatic rings. The number of nitrogens with one attached hydrogen (secondary N) is 1. The summed E-state index contributed by atoms with van der Waals surface area (Å²) in [6, 6.07) is 12.8. The first-order chi connectivity index (χ1) is 10.8. The van der Waals surface area contributed by atoms with Crippen molar-refractivity contribution in [2.75, 3.05) is 14.2 Å². The molecule has 3 nitrogen and oxygen atoms in total. The molecule has 0 radical (unpaired) electrons. The molecule has 0 heterocycles. The molecule has 0 saturated carbocycles. The lowest BCUT2D eigenvalue weighted by Gasteiger charge is -2.10. The second kappa shape index (κ2) is 8.23. The Morgan fingerprint density at radius 3 is 2.17 bits per heavy atom. The van der Waals surface area contributed by atoms with E-state index in [4.69, 9.17) is 9.47 Å². The van der Waals surface area contributed by atoms with Crippen LogP contribution in [0.1, 0.15) is 28.7 Å². The maximum atomic E-state index is 5.30. The van der Waals surface area contributed by atoms with E-state index in [0.29, 0.717) is 0 Å². The van der Waals surface area contributed by atoms with Gasteiger partial charge in [-0.3, -0.25) is 0 Å². The average molecular weight is 334 g/mol. The Labute approximate surface area is 144 Å². The molecule has 0 bridgehead atoms. The van der Waals surface area contributed by atoms with Crippen molar-refractivity contribution in [1.29, 1.82) is 0 Å². The van der Waals surface area contributed by atoms with E-state index in [9.17, 15) is 0 Å². The van der Waals surface area contributed by atoms with E-state index >= 15 is 0 Å². The molecule has 2 aromatic carbocycles. The Morgan fingerprint density at radius 2 is 1.48 bits per heavy atom. The van der Waals surface area contributed by atoms with Crippen LogP contribution in [0.4, 0.5) is 0 Å². The van der Waals surface area contributed by atoms with Gasteiger partial charge in [-0.1, -0.05) is 18.2 Å². The van der Waals surface area contributed by atoms with Gasteiger partial charge in [0, 0.05) is 19.2 Å². The maximum absolute atomic E-state index is 5.30. The molecular formula is C19H24ClNO2. The summed E-state index contributed by atoms with van der Waals surface area (Å²) >= 11 is 0. The van der Waals surface area contributed by atoms with Crippen molar-refractivity contribution < 1.29 is 9.47 Å². The third-order valence-corrected chi connectivity index (χ3v) is 4.23. The summed E-state index contributed by atoms with van der Waals surface area (Å²) in [7, 11) is 3.35. The highest BCUT2D eigenvalue weighted by Gasteiger charge is 2.10. The van der Waals surface area contributed by atoms with E-state index in [1.807, 2.05) is 18.2 Å². The minimum absolute atomic E-state index is 0. The van der Waals surface area contributed by atoms with Crippen LogP contribution in [0.3, 0.4) is 0 Å². The van der Waals surface area contributed by atoms with Crippen LogP contribution in [0, 0.1) is 0 Å². The van der Waals surface area contributed by atoms with Gasteiger partial charge in [0.05, 0.1) is 14.2 Å². The maximum Gasteiger partial charge on any atom is 0.122 e. The van der Waals surface area contributed by atoms with Crippen LogP contribution in [-0.2, 0) is 25.9 Å². The Balaban J connectivity index is 0.00000192. The predicted octanol–water partition coefficient (Wildman–Crippen LogP) is 3.90. The van der Waals surface area contributed by atoms with Gasteiger partial charge in [0.1, 0.15) is 11.5 Å². The largest absolute Gasteiger partial charge is 0.497 e. The van der Waals surface area contributed by atoms with Gasteiger partial charge < -0.3 is 14.8 Å². The molecule has 2 aromatic rings. The van der Waals surface area contributed by atoms with Crippen LogP contribution in [-0.4, -0.2) is 14.2 Å². The standard InChI is InChI=1S/C19H23NO2.ClH/c1-21-18-9-15(10-19(11-18)22-2)13-20-12-14-6-7-16-4-3-5-17(16)8-14;/h6-11,20H,3-5,12-13H2,1-2H3;1H. The third-order valence-electron chi connectivity index (χ3n) is 4.23. The van der Waals surface area contributed by atoms with Gasteiger partial charge in [-0.15, -0.1) is 12.4 Å². The zero-order valence-corrected chi connectivity index (χ0v) is 14.5. The molecule has 0 aromatic heterocycles. The smallest absolute Gasteiger partial charge is 0.122 e. The molecule has 0 atom stereocenters. The number of ether oxygens (including phenoxy) is 2. The quantitative estimate of drug-likeness (QED) is 0.869. The molecule has 0 spiro atoms. The van der Waals surface area contributed by atoms with Gasteiger partial charge in [-0.05, 0) is 53.6 Å². The van der Waals surface area contributed by atoms with E-state index in [2.05, 4.69) is 23.5 Å². The van der Waals surface area contributed by atoms with Crippen molar-refractivity contribution in [2.24, 2.45) is 0 Å². The van der Waals surface area contributed by atoms with Crippen LogP contribution in [0.15, 0.2) is 36.4 Å². The Kier molecular flexibility index (Phi) is 6.31. The highest BCUT2D eigenvalue weighted by Crippen LogP contribution is 2.24.